The van der Waals surface area contributed by atoms with Crippen molar-refractivity contribution in [2.45, 2.75) is 70.5 Å². The Balaban J connectivity index is 2.87. The summed E-state index contributed by atoms with van der Waals surface area (Å²) in [7, 11) is 0. The van der Waals surface area contributed by atoms with Crippen LogP contribution in [0, 0.1) is 0 Å². The minimum absolute atomic E-state index is 0.0159. The number of nitrogens with zero attached hydrogens (tertiary/aromatic N) is 1. The Morgan fingerprint density at radius 2 is 1.81 bits per heavy atom. The third kappa shape index (κ3) is 3.11. The number of carboxylic acid groups (broad SMARTS) is 1. The van der Waals surface area contributed by atoms with Crippen LogP contribution in [-0.2, 0) is 0 Å². The highest BCUT2D eigenvalue weighted by atomic mass is 16.4. The molecule has 0 heterocycles. The van der Waals surface area contributed by atoms with Gasteiger partial charge in [-0.2, -0.15) is 0 Å². The van der Waals surface area contributed by atoms with Crippen LogP contribution >= 0.6 is 0 Å². The van der Waals surface area contributed by atoms with Gasteiger partial charge < -0.3 is 10.8 Å². The van der Waals surface area contributed by atoms with Gasteiger partial charge in [0.1, 0.15) is 0 Å². The lowest BCUT2D eigenvalue weighted by Crippen LogP contribution is -2.57. The van der Waals surface area contributed by atoms with Crippen LogP contribution < -0.4 is 5.73 Å². The van der Waals surface area contributed by atoms with Gasteiger partial charge in [-0.3, -0.25) is 4.90 Å². The fraction of sp³-hybridized carbons (Fsp3) is 0.917. The Hall–Kier alpha value is -0.770. The first kappa shape index (κ1) is 13.3. The van der Waals surface area contributed by atoms with Crippen molar-refractivity contribution in [3.8, 4) is 0 Å². The number of rotatable bonds is 1. The molecule has 0 radical (unpaired) electrons. The van der Waals surface area contributed by atoms with Gasteiger partial charge in [-0.15, -0.1) is 0 Å². The third-order valence-corrected chi connectivity index (χ3v) is 3.29. The number of hydrogen-bond donors (Lipinski definition) is 2. The van der Waals surface area contributed by atoms with Gasteiger partial charge in [-0.25, -0.2) is 4.79 Å². The fourth-order valence-corrected chi connectivity index (χ4v) is 2.56. The molecule has 0 aliphatic heterocycles. The molecule has 1 rings (SSSR count). The van der Waals surface area contributed by atoms with E-state index in [1.54, 1.807) is 4.90 Å². The lowest BCUT2D eigenvalue weighted by molar-refractivity contribution is 0.0585. The van der Waals surface area contributed by atoms with E-state index in [0.717, 1.165) is 25.7 Å². The molecule has 1 saturated carbocycles. The second-order valence-electron chi connectivity index (χ2n) is 5.69. The highest BCUT2D eigenvalue weighted by Crippen LogP contribution is 2.27. The van der Waals surface area contributed by atoms with Crippen molar-refractivity contribution in [1.82, 2.24) is 4.90 Å². The fourth-order valence-electron chi connectivity index (χ4n) is 2.56. The Morgan fingerprint density at radius 3 is 2.31 bits per heavy atom. The first-order chi connectivity index (χ1) is 7.34. The summed E-state index contributed by atoms with van der Waals surface area (Å²) in [4.78, 5) is 12.9. The van der Waals surface area contributed by atoms with Gasteiger partial charge in [0.15, 0.2) is 0 Å². The summed E-state index contributed by atoms with van der Waals surface area (Å²) >= 11 is 0. The molecule has 1 aliphatic rings. The zero-order chi connectivity index (χ0) is 12.3. The average Bonchev–Trinajstić information content (AvgIpc) is 2.29. The summed E-state index contributed by atoms with van der Waals surface area (Å²) < 4.78 is 0. The van der Waals surface area contributed by atoms with Crippen molar-refractivity contribution in [2.75, 3.05) is 0 Å². The van der Waals surface area contributed by atoms with Crippen LogP contribution in [0.25, 0.3) is 0 Å². The van der Waals surface area contributed by atoms with Gasteiger partial charge in [-0.05, 0) is 33.6 Å². The predicted octanol–water partition coefficient (Wildman–Crippen LogP) is 2.42. The van der Waals surface area contributed by atoms with E-state index in [1.165, 1.54) is 6.42 Å². The first-order valence-electron chi connectivity index (χ1n) is 6.12. The molecular formula is C12H24N2O2. The van der Waals surface area contributed by atoms with Crippen LogP contribution in [0.4, 0.5) is 4.79 Å². The zero-order valence-corrected chi connectivity index (χ0v) is 10.6. The van der Waals surface area contributed by atoms with E-state index in [1.807, 2.05) is 20.8 Å². The van der Waals surface area contributed by atoms with Gasteiger partial charge in [0.2, 0.25) is 0 Å². The monoisotopic (exact) mass is 228 g/mol. The highest BCUT2D eigenvalue weighted by Gasteiger charge is 2.36. The Kier molecular flexibility index (Phi) is 4.19. The molecule has 0 spiro atoms. The van der Waals surface area contributed by atoms with Crippen LogP contribution in [0.5, 0.6) is 0 Å². The molecule has 3 N–H and O–H groups in total. The van der Waals surface area contributed by atoms with Crippen LogP contribution in [0.3, 0.4) is 0 Å². The van der Waals surface area contributed by atoms with Crippen LogP contribution in [-0.4, -0.2) is 33.7 Å². The molecule has 4 heteroatoms. The van der Waals surface area contributed by atoms with Crippen molar-refractivity contribution in [1.29, 1.82) is 0 Å². The summed E-state index contributed by atoms with van der Waals surface area (Å²) in [5.74, 6) is 0. The highest BCUT2D eigenvalue weighted by molar-refractivity contribution is 5.66. The lowest BCUT2D eigenvalue weighted by atomic mass is 9.96. The number of carbonyl (C=O) groups is 1. The maximum Gasteiger partial charge on any atom is 0.408 e. The van der Waals surface area contributed by atoms with E-state index < -0.39 is 6.09 Å². The summed E-state index contributed by atoms with van der Waals surface area (Å²) in [6, 6.07) is -0.0437. The third-order valence-electron chi connectivity index (χ3n) is 3.29. The summed E-state index contributed by atoms with van der Waals surface area (Å²) in [5.41, 5.74) is 5.73. The van der Waals surface area contributed by atoms with Crippen LogP contribution in [0.2, 0.25) is 0 Å². The van der Waals surface area contributed by atoms with Gasteiger partial charge in [-0.1, -0.05) is 19.3 Å². The Labute approximate surface area is 97.8 Å². The van der Waals surface area contributed by atoms with Crippen LogP contribution in [0.15, 0.2) is 0 Å². The predicted molar refractivity (Wildman–Crippen MR) is 64.5 cm³/mol. The quantitative estimate of drug-likeness (QED) is 0.677. The minimum atomic E-state index is -0.852. The van der Waals surface area contributed by atoms with Gasteiger partial charge in [0.25, 0.3) is 0 Å². The number of nitrogens with two attached hydrogens (primary N) is 1. The van der Waals surface area contributed by atoms with E-state index in [-0.39, 0.29) is 17.6 Å². The van der Waals surface area contributed by atoms with E-state index in [4.69, 9.17) is 5.73 Å². The molecule has 0 aromatic heterocycles. The second-order valence-corrected chi connectivity index (χ2v) is 5.69. The summed E-state index contributed by atoms with van der Waals surface area (Å²) in [5, 5.41) is 9.34. The molecule has 0 aromatic rings. The summed E-state index contributed by atoms with van der Waals surface area (Å²) in [6.45, 7) is 5.79. The van der Waals surface area contributed by atoms with Gasteiger partial charge in [0.05, 0.1) is 6.04 Å². The average molecular weight is 228 g/mol. The van der Waals surface area contributed by atoms with Crippen molar-refractivity contribution < 1.29 is 9.90 Å². The molecular weight excluding hydrogens is 204 g/mol. The maximum atomic E-state index is 11.4. The van der Waals surface area contributed by atoms with E-state index in [0.29, 0.717) is 0 Å². The smallest absolute Gasteiger partial charge is 0.408 e. The minimum Gasteiger partial charge on any atom is -0.465 e. The molecule has 94 valence electrons. The largest absolute Gasteiger partial charge is 0.465 e. The van der Waals surface area contributed by atoms with Crippen molar-refractivity contribution >= 4 is 6.09 Å². The van der Waals surface area contributed by atoms with E-state index >= 15 is 0 Å². The molecule has 0 unspecified atom stereocenters. The normalized spacial score (nSPS) is 27.2. The number of hydrogen-bond acceptors (Lipinski definition) is 2. The second kappa shape index (κ2) is 5.04. The molecule has 0 bridgehead atoms. The Bertz CT molecular complexity index is 248. The summed E-state index contributed by atoms with van der Waals surface area (Å²) in [6.07, 6.45) is 4.35. The van der Waals surface area contributed by atoms with Crippen molar-refractivity contribution in [2.24, 2.45) is 5.73 Å². The SMILES string of the molecule is CC(C)(C)N(C(=O)O)[C@H]1CCCCC[C@H]1N. The Morgan fingerprint density at radius 1 is 1.25 bits per heavy atom. The molecule has 0 aromatic carbocycles. The molecule has 1 fully saturated rings. The van der Waals surface area contributed by atoms with Gasteiger partial charge in [0, 0.05) is 11.6 Å². The van der Waals surface area contributed by atoms with Crippen molar-refractivity contribution in [3.63, 3.8) is 0 Å². The zero-order valence-electron chi connectivity index (χ0n) is 10.6. The molecule has 1 aliphatic carbocycles. The molecule has 16 heavy (non-hydrogen) atoms. The molecule has 2 atom stereocenters. The maximum absolute atomic E-state index is 11.4. The standard InChI is InChI=1S/C12H24N2O2/c1-12(2,3)14(11(15)16)10-8-6-4-5-7-9(10)13/h9-10H,4-8,13H2,1-3H3,(H,15,16)/t9-,10+/m1/s1. The lowest BCUT2D eigenvalue weighted by Gasteiger charge is -2.41. The van der Waals surface area contributed by atoms with Crippen molar-refractivity contribution in [3.05, 3.63) is 0 Å². The van der Waals surface area contributed by atoms with E-state index in [9.17, 15) is 9.90 Å². The molecule has 1 amide bonds. The first-order valence-corrected chi connectivity index (χ1v) is 6.12. The topological polar surface area (TPSA) is 66.6 Å². The van der Waals surface area contributed by atoms with E-state index in [2.05, 4.69) is 0 Å². The molecule has 4 nitrogen and oxygen atoms in total. The van der Waals surface area contributed by atoms with Gasteiger partial charge >= 0.3 is 6.09 Å². The number of amides is 1. The van der Waals surface area contributed by atoms with Crippen LogP contribution in [0.1, 0.15) is 52.9 Å². The molecule has 0 saturated heterocycles.